The summed E-state index contributed by atoms with van der Waals surface area (Å²) >= 11 is 0. The van der Waals surface area contributed by atoms with Crippen molar-refractivity contribution in [2.24, 2.45) is 5.41 Å². The molecular formula is C17H28N2O4S. The number of hydrogen-bond acceptors (Lipinski definition) is 4. The molecule has 3 aliphatic rings. The molecule has 2 unspecified atom stereocenters. The molecule has 0 saturated carbocycles. The number of fused-ring (bicyclic) bond motifs is 1. The lowest BCUT2D eigenvalue weighted by Crippen LogP contribution is -2.62. The van der Waals surface area contributed by atoms with Crippen LogP contribution in [-0.2, 0) is 14.6 Å². The van der Waals surface area contributed by atoms with Crippen molar-refractivity contribution in [2.75, 3.05) is 32.1 Å². The van der Waals surface area contributed by atoms with E-state index in [1.807, 2.05) is 0 Å². The van der Waals surface area contributed by atoms with Crippen LogP contribution in [0.3, 0.4) is 0 Å². The van der Waals surface area contributed by atoms with E-state index in [1.165, 1.54) is 12.0 Å². The third kappa shape index (κ3) is 3.47. The van der Waals surface area contributed by atoms with E-state index in [2.05, 4.69) is 25.2 Å². The highest BCUT2D eigenvalue weighted by molar-refractivity contribution is 7.92. The Labute approximate surface area is 144 Å². The molecule has 2 aliphatic heterocycles. The normalized spacial score (nSPS) is 29.8. The van der Waals surface area contributed by atoms with Crippen LogP contribution in [0.1, 0.15) is 39.5 Å². The average molecular weight is 356 g/mol. The van der Waals surface area contributed by atoms with Crippen molar-refractivity contribution in [2.45, 2.75) is 50.8 Å². The highest BCUT2D eigenvalue weighted by Crippen LogP contribution is 2.34. The minimum Gasteiger partial charge on any atom is -0.380 e. The fourth-order valence-corrected chi connectivity index (χ4v) is 5.81. The molecule has 1 aliphatic carbocycles. The van der Waals surface area contributed by atoms with Crippen LogP contribution in [0.4, 0.5) is 4.79 Å². The Morgan fingerprint density at radius 2 is 2.25 bits per heavy atom. The molecule has 136 valence electrons. The number of urea groups is 1. The van der Waals surface area contributed by atoms with Crippen molar-refractivity contribution in [3.05, 3.63) is 11.6 Å². The first-order valence-electron chi connectivity index (χ1n) is 8.84. The first-order valence-corrected chi connectivity index (χ1v) is 10.6. The highest BCUT2D eigenvalue weighted by atomic mass is 32.2. The summed E-state index contributed by atoms with van der Waals surface area (Å²) in [6.07, 6.45) is 6.30. The molecule has 24 heavy (non-hydrogen) atoms. The van der Waals surface area contributed by atoms with Crippen LogP contribution >= 0.6 is 0 Å². The number of nitrogens with zero attached hydrogens (tertiary/aromatic N) is 1. The van der Waals surface area contributed by atoms with Gasteiger partial charge in [0.1, 0.15) is 5.25 Å². The highest BCUT2D eigenvalue weighted by Gasteiger charge is 2.45. The molecule has 1 N–H and O–H groups in total. The summed E-state index contributed by atoms with van der Waals surface area (Å²) in [6, 6.07) is -0.403. The molecule has 7 heteroatoms. The SMILES string of the molecule is CC(C)(CNC(=O)N1CCS(=O)(=O)C2COCCC21)C1=CCCC1. The monoisotopic (exact) mass is 356 g/mol. The van der Waals surface area contributed by atoms with Crippen LogP contribution in [0.5, 0.6) is 0 Å². The van der Waals surface area contributed by atoms with Gasteiger partial charge in [-0.2, -0.15) is 0 Å². The predicted octanol–water partition coefficient (Wildman–Crippen LogP) is 1.72. The maximum Gasteiger partial charge on any atom is 0.317 e. The molecule has 2 amide bonds. The Morgan fingerprint density at radius 1 is 1.46 bits per heavy atom. The van der Waals surface area contributed by atoms with E-state index in [0.717, 1.165) is 12.8 Å². The Bertz CT molecular complexity index is 627. The lowest BCUT2D eigenvalue weighted by molar-refractivity contribution is 0.0460. The first-order chi connectivity index (χ1) is 11.3. The zero-order valence-corrected chi connectivity index (χ0v) is 15.4. The zero-order valence-electron chi connectivity index (χ0n) is 14.6. The summed E-state index contributed by atoms with van der Waals surface area (Å²) in [5.41, 5.74) is 1.36. The minimum atomic E-state index is -3.16. The predicted molar refractivity (Wildman–Crippen MR) is 92.6 cm³/mol. The Morgan fingerprint density at radius 3 is 2.96 bits per heavy atom. The quantitative estimate of drug-likeness (QED) is 0.781. The van der Waals surface area contributed by atoms with Gasteiger partial charge in [-0.15, -0.1) is 0 Å². The minimum absolute atomic E-state index is 0.0273. The Balaban J connectivity index is 1.64. The summed E-state index contributed by atoms with van der Waals surface area (Å²) in [5.74, 6) is 0.0273. The van der Waals surface area contributed by atoms with E-state index in [0.29, 0.717) is 19.6 Å². The van der Waals surface area contributed by atoms with E-state index >= 15 is 0 Å². The van der Waals surface area contributed by atoms with Crippen LogP contribution in [0, 0.1) is 5.41 Å². The molecular weight excluding hydrogens is 328 g/mol. The zero-order chi connectivity index (χ0) is 17.4. The van der Waals surface area contributed by atoms with E-state index in [4.69, 9.17) is 4.74 Å². The second kappa shape index (κ2) is 6.67. The summed E-state index contributed by atoms with van der Waals surface area (Å²) in [7, 11) is -3.16. The van der Waals surface area contributed by atoms with Gasteiger partial charge in [0, 0.05) is 25.1 Å². The van der Waals surface area contributed by atoms with Gasteiger partial charge >= 0.3 is 6.03 Å². The van der Waals surface area contributed by atoms with Gasteiger partial charge in [-0.05, 0) is 25.7 Å². The molecule has 3 rings (SSSR count). The number of nitrogens with one attached hydrogen (secondary N) is 1. The van der Waals surface area contributed by atoms with Gasteiger partial charge in [0.2, 0.25) is 0 Å². The number of allylic oxidation sites excluding steroid dienone is 1. The Kier molecular flexibility index (Phi) is 4.93. The fourth-order valence-electron chi connectivity index (χ4n) is 3.99. The first kappa shape index (κ1) is 17.7. The van der Waals surface area contributed by atoms with Gasteiger partial charge in [0.25, 0.3) is 0 Å². The van der Waals surface area contributed by atoms with Crippen molar-refractivity contribution in [1.29, 1.82) is 0 Å². The summed E-state index contributed by atoms with van der Waals surface area (Å²) < 4.78 is 29.8. The molecule has 6 nitrogen and oxygen atoms in total. The van der Waals surface area contributed by atoms with Crippen LogP contribution in [0.25, 0.3) is 0 Å². The van der Waals surface area contributed by atoms with Crippen molar-refractivity contribution >= 4 is 15.9 Å². The van der Waals surface area contributed by atoms with Crippen LogP contribution < -0.4 is 5.32 Å². The number of carbonyl (C=O) groups is 1. The number of amides is 2. The largest absolute Gasteiger partial charge is 0.380 e. The van der Waals surface area contributed by atoms with Gasteiger partial charge in [0.15, 0.2) is 9.84 Å². The number of sulfone groups is 1. The van der Waals surface area contributed by atoms with Crippen LogP contribution in [0.2, 0.25) is 0 Å². The molecule has 2 heterocycles. The van der Waals surface area contributed by atoms with E-state index < -0.39 is 15.1 Å². The smallest absolute Gasteiger partial charge is 0.317 e. The van der Waals surface area contributed by atoms with Gasteiger partial charge in [0.05, 0.1) is 18.4 Å². The van der Waals surface area contributed by atoms with Gasteiger partial charge < -0.3 is 15.0 Å². The molecule has 0 aromatic rings. The Hall–Kier alpha value is -1.08. The summed E-state index contributed by atoms with van der Waals surface area (Å²) in [5, 5.41) is 2.47. The third-order valence-electron chi connectivity index (χ3n) is 5.60. The molecule has 0 bridgehead atoms. The van der Waals surface area contributed by atoms with Crippen molar-refractivity contribution in [3.8, 4) is 0 Å². The number of hydrogen-bond donors (Lipinski definition) is 1. The molecule has 0 aromatic carbocycles. The van der Waals surface area contributed by atoms with E-state index in [9.17, 15) is 13.2 Å². The molecule has 0 aromatic heterocycles. The molecule has 2 fully saturated rings. The second-order valence-electron chi connectivity index (χ2n) is 7.69. The standard InChI is InChI=1S/C17H28N2O4S/c1-17(2,13-5-3-4-6-13)12-18-16(20)19-8-10-24(21,22)15-11-23-9-7-14(15)19/h5,14-15H,3-4,6-12H2,1-2H3,(H,18,20). The van der Waals surface area contributed by atoms with Crippen LogP contribution in [-0.4, -0.2) is 62.7 Å². The topological polar surface area (TPSA) is 75.7 Å². The maximum absolute atomic E-state index is 12.7. The lowest BCUT2D eigenvalue weighted by Gasteiger charge is -2.43. The molecule has 0 spiro atoms. The average Bonchev–Trinajstić information content (AvgIpc) is 3.08. The van der Waals surface area contributed by atoms with Gasteiger partial charge in [-0.25, -0.2) is 13.2 Å². The number of carbonyl (C=O) groups excluding carboxylic acids is 1. The second-order valence-corrected chi connectivity index (χ2v) is 10.0. The van der Waals surface area contributed by atoms with Crippen molar-refractivity contribution in [3.63, 3.8) is 0 Å². The lowest BCUT2D eigenvalue weighted by atomic mass is 9.83. The molecule has 2 saturated heterocycles. The summed E-state index contributed by atoms with van der Waals surface area (Å²) in [4.78, 5) is 14.4. The van der Waals surface area contributed by atoms with E-state index in [1.54, 1.807) is 4.90 Å². The molecule has 2 atom stereocenters. The summed E-state index contributed by atoms with van der Waals surface area (Å²) in [6.45, 7) is 5.88. The molecule has 0 radical (unpaired) electrons. The third-order valence-corrected chi connectivity index (χ3v) is 7.72. The van der Waals surface area contributed by atoms with Crippen molar-refractivity contribution in [1.82, 2.24) is 10.2 Å². The number of ether oxygens (including phenoxy) is 1. The van der Waals surface area contributed by atoms with Crippen molar-refractivity contribution < 1.29 is 17.9 Å². The fraction of sp³-hybridized carbons (Fsp3) is 0.824. The van der Waals surface area contributed by atoms with Gasteiger partial charge in [-0.3, -0.25) is 0 Å². The number of rotatable bonds is 3. The van der Waals surface area contributed by atoms with E-state index in [-0.39, 0.29) is 36.4 Å². The maximum atomic E-state index is 12.7. The van der Waals surface area contributed by atoms with Gasteiger partial charge in [-0.1, -0.05) is 25.5 Å². The van der Waals surface area contributed by atoms with Crippen LogP contribution in [0.15, 0.2) is 11.6 Å².